The Morgan fingerprint density at radius 3 is 2.04 bits per heavy atom. The van der Waals surface area contributed by atoms with Gasteiger partial charge in [-0.15, -0.1) is 0 Å². The molecule has 2 nitrogen and oxygen atoms in total. The van der Waals surface area contributed by atoms with Crippen LogP contribution in [0.4, 0.5) is 5.69 Å². The van der Waals surface area contributed by atoms with Gasteiger partial charge in [0.25, 0.3) is 0 Å². The molecule has 1 saturated carbocycles. The van der Waals surface area contributed by atoms with Crippen LogP contribution in [0.2, 0.25) is 0 Å². The van der Waals surface area contributed by atoms with E-state index in [4.69, 9.17) is 0 Å². The standard InChI is InChI=1S/C24H34N2/c1-18(2)25-23-13-9-20(10-14-23)17-19(3)26-24-15-11-22(12-16-24)21-7-5-4-6-8-21/h4-8,11-12,15-16,18-20,23,25-26H,9-10,13-14,17H2,1-3H3. The van der Waals surface area contributed by atoms with Gasteiger partial charge in [-0.25, -0.2) is 0 Å². The molecule has 0 amide bonds. The molecule has 0 bridgehead atoms. The summed E-state index contributed by atoms with van der Waals surface area (Å²) in [7, 11) is 0. The van der Waals surface area contributed by atoms with E-state index in [0.29, 0.717) is 12.1 Å². The minimum absolute atomic E-state index is 0.525. The topological polar surface area (TPSA) is 24.1 Å². The Kier molecular flexibility index (Phi) is 6.73. The number of nitrogens with one attached hydrogen (secondary N) is 2. The molecule has 0 aromatic heterocycles. The molecule has 0 aliphatic heterocycles. The first-order chi connectivity index (χ1) is 12.6. The summed E-state index contributed by atoms with van der Waals surface area (Å²) in [5.74, 6) is 0.867. The molecular formula is C24H34N2. The Labute approximate surface area is 159 Å². The summed E-state index contributed by atoms with van der Waals surface area (Å²) in [4.78, 5) is 0. The smallest absolute Gasteiger partial charge is 0.0342 e. The molecular weight excluding hydrogens is 316 g/mol. The highest BCUT2D eigenvalue weighted by atomic mass is 14.9. The highest BCUT2D eigenvalue weighted by Crippen LogP contribution is 2.29. The van der Waals surface area contributed by atoms with Gasteiger partial charge in [0.15, 0.2) is 0 Å². The van der Waals surface area contributed by atoms with E-state index in [0.717, 1.165) is 12.0 Å². The van der Waals surface area contributed by atoms with Crippen molar-refractivity contribution in [3.05, 3.63) is 54.6 Å². The Balaban J connectivity index is 1.46. The second-order valence-electron chi connectivity index (χ2n) is 8.26. The fraction of sp³-hybridized carbons (Fsp3) is 0.500. The molecule has 1 aliphatic carbocycles. The maximum Gasteiger partial charge on any atom is 0.0342 e. The van der Waals surface area contributed by atoms with Crippen molar-refractivity contribution in [2.24, 2.45) is 5.92 Å². The van der Waals surface area contributed by atoms with Gasteiger partial charge in [-0.2, -0.15) is 0 Å². The van der Waals surface area contributed by atoms with Gasteiger partial charge in [-0.3, -0.25) is 0 Å². The van der Waals surface area contributed by atoms with Crippen molar-refractivity contribution in [2.75, 3.05) is 5.32 Å². The lowest BCUT2D eigenvalue weighted by Gasteiger charge is -2.32. The van der Waals surface area contributed by atoms with Crippen LogP contribution < -0.4 is 10.6 Å². The van der Waals surface area contributed by atoms with E-state index in [2.05, 4.69) is 86.0 Å². The maximum atomic E-state index is 3.70. The van der Waals surface area contributed by atoms with E-state index in [1.54, 1.807) is 0 Å². The SMILES string of the molecule is CC(C)NC1CCC(CC(C)Nc2ccc(-c3ccccc3)cc2)CC1. The van der Waals surface area contributed by atoms with Crippen LogP contribution in [0, 0.1) is 5.92 Å². The summed E-state index contributed by atoms with van der Waals surface area (Å²) in [5, 5.41) is 7.39. The van der Waals surface area contributed by atoms with Gasteiger partial charge < -0.3 is 10.6 Å². The van der Waals surface area contributed by atoms with E-state index in [1.807, 2.05) is 0 Å². The van der Waals surface area contributed by atoms with Crippen LogP contribution in [0.5, 0.6) is 0 Å². The fourth-order valence-corrected chi connectivity index (χ4v) is 4.27. The molecule has 0 radical (unpaired) electrons. The second-order valence-corrected chi connectivity index (χ2v) is 8.26. The van der Waals surface area contributed by atoms with Gasteiger partial charge in [0.05, 0.1) is 0 Å². The average molecular weight is 351 g/mol. The van der Waals surface area contributed by atoms with E-state index in [1.165, 1.54) is 48.9 Å². The highest BCUT2D eigenvalue weighted by Gasteiger charge is 2.22. The molecule has 2 aromatic carbocycles. The van der Waals surface area contributed by atoms with Crippen molar-refractivity contribution in [3.8, 4) is 11.1 Å². The lowest BCUT2D eigenvalue weighted by atomic mass is 9.82. The number of hydrogen-bond acceptors (Lipinski definition) is 2. The number of rotatable bonds is 7. The summed E-state index contributed by atoms with van der Waals surface area (Å²) in [6, 6.07) is 21.3. The minimum atomic E-state index is 0.525. The van der Waals surface area contributed by atoms with Gasteiger partial charge in [0.1, 0.15) is 0 Å². The van der Waals surface area contributed by atoms with Gasteiger partial charge in [0.2, 0.25) is 0 Å². The van der Waals surface area contributed by atoms with Crippen LogP contribution in [0.1, 0.15) is 52.9 Å². The van der Waals surface area contributed by atoms with Crippen molar-refractivity contribution >= 4 is 5.69 Å². The average Bonchev–Trinajstić information content (AvgIpc) is 2.64. The molecule has 3 rings (SSSR count). The third-order valence-corrected chi connectivity index (χ3v) is 5.51. The third-order valence-electron chi connectivity index (χ3n) is 5.51. The van der Waals surface area contributed by atoms with Crippen LogP contribution in [-0.2, 0) is 0 Å². The molecule has 2 aromatic rings. The molecule has 1 fully saturated rings. The number of hydrogen-bond donors (Lipinski definition) is 2. The van der Waals surface area contributed by atoms with Gasteiger partial charge in [-0.05, 0) is 68.2 Å². The van der Waals surface area contributed by atoms with Gasteiger partial charge >= 0.3 is 0 Å². The molecule has 1 atom stereocenters. The Morgan fingerprint density at radius 2 is 1.42 bits per heavy atom. The van der Waals surface area contributed by atoms with Crippen LogP contribution in [0.25, 0.3) is 11.1 Å². The molecule has 140 valence electrons. The van der Waals surface area contributed by atoms with Crippen molar-refractivity contribution in [1.29, 1.82) is 0 Å². The van der Waals surface area contributed by atoms with Gasteiger partial charge in [0, 0.05) is 23.8 Å². The summed E-state index contributed by atoms with van der Waals surface area (Å²) in [5.41, 5.74) is 3.78. The second kappa shape index (κ2) is 9.23. The van der Waals surface area contributed by atoms with Crippen molar-refractivity contribution in [3.63, 3.8) is 0 Å². The van der Waals surface area contributed by atoms with Crippen LogP contribution in [-0.4, -0.2) is 18.1 Å². The predicted octanol–water partition coefficient (Wildman–Crippen LogP) is 6.10. The zero-order valence-corrected chi connectivity index (χ0v) is 16.5. The third kappa shape index (κ3) is 5.60. The first kappa shape index (κ1) is 19.0. The first-order valence-corrected chi connectivity index (χ1v) is 10.3. The zero-order valence-electron chi connectivity index (χ0n) is 16.5. The quantitative estimate of drug-likeness (QED) is 0.630. The molecule has 26 heavy (non-hydrogen) atoms. The van der Waals surface area contributed by atoms with E-state index in [9.17, 15) is 0 Å². The van der Waals surface area contributed by atoms with Crippen LogP contribution >= 0.6 is 0 Å². The first-order valence-electron chi connectivity index (χ1n) is 10.3. The summed E-state index contributed by atoms with van der Waals surface area (Å²) in [6.45, 7) is 6.83. The normalized spacial score (nSPS) is 21.5. The van der Waals surface area contributed by atoms with E-state index in [-0.39, 0.29) is 0 Å². The summed E-state index contributed by atoms with van der Waals surface area (Å²) in [6.07, 6.45) is 6.67. The summed E-state index contributed by atoms with van der Waals surface area (Å²) >= 11 is 0. The van der Waals surface area contributed by atoms with Crippen molar-refractivity contribution in [2.45, 2.75) is 71.0 Å². The lowest BCUT2D eigenvalue weighted by Crippen LogP contribution is -2.38. The highest BCUT2D eigenvalue weighted by molar-refractivity contribution is 5.65. The fourth-order valence-electron chi connectivity index (χ4n) is 4.27. The maximum absolute atomic E-state index is 3.70. The molecule has 2 N–H and O–H groups in total. The Hall–Kier alpha value is -1.80. The van der Waals surface area contributed by atoms with Crippen LogP contribution in [0.15, 0.2) is 54.6 Å². The summed E-state index contributed by atoms with van der Waals surface area (Å²) < 4.78 is 0. The van der Waals surface area contributed by atoms with E-state index >= 15 is 0 Å². The Bertz CT molecular complexity index is 640. The van der Waals surface area contributed by atoms with Gasteiger partial charge in [-0.1, -0.05) is 56.3 Å². The molecule has 0 saturated heterocycles. The molecule has 1 aliphatic rings. The molecule has 1 unspecified atom stereocenters. The predicted molar refractivity (Wildman–Crippen MR) is 114 cm³/mol. The number of anilines is 1. The monoisotopic (exact) mass is 350 g/mol. The molecule has 0 spiro atoms. The van der Waals surface area contributed by atoms with Crippen LogP contribution in [0.3, 0.4) is 0 Å². The minimum Gasteiger partial charge on any atom is -0.383 e. The molecule has 0 heterocycles. The lowest BCUT2D eigenvalue weighted by molar-refractivity contribution is 0.265. The van der Waals surface area contributed by atoms with Crippen molar-refractivity contribution in [1.82, 2.24) is 5.32 Å². The number of benzene rings is 2. The molecule has 2 heteroatoms. The van der Waals surface area contributed by atoms with E-state index < -0.39 is 0 Å². The largest absolute Gasteiger partial charge is 0.383 e. The van der Waals surface area contributed by atoms with Crippen molar-refractivity contribution < 1.29 is 0 Å². The Morgan fingerprint density at radius 1 is 0.808 bits per heavy atom. The zero-order chi connectivity index (χ0) is 18.4.